The van der Waals surface area contributed by atoms with Crippen LogP contribution in [0.2, 0.25) is 0 Å². The van der Waals surface area contributed by atoms with E-state index in [9.17, 15) is 13.2 Å². The van der Waals surface area contributed by atoms with Crippen molar-refractivity contribution >= 4 is 10.9 Å². The van der Waals surface area contributed by atoms with E-state index in [2.05, 4.69) is 4.98 Å². The molecular formula is C13H15F3N2O. The van der Waals surface area contributed by atoms with Crippen LogP contribution in [0.4, 0.5) is 13.2 Å². The van der Waals surface area contributed by atoms with Crippen LogP contribution in [0.25, 0.3) is 10.9 Å². The molecule has 0 radical (unpaired) electrons. The molecule has 19 heavy (non-hydrogen) atoms. The van der Waals surface area contributed by atoms with E-state index in [0.29, 0.717) is 24.9 Å². The number of aliphatic hydroxyl groups excluding tert-OH is 1. The van der Waals surface area contributed by atoms with E-state index in [1.165, 1.54) is 0 Å². The summed E-state index contributed by atoms with van der Waals surface area (Å²) in [5.41, 5.74) is 0.705. The summed E-state index contributed by atoms with van der Waals surface area (Å²) in [6.07, 6.45) is 2.11. The highest BCUT2D eigenvalue weighted by molar-refractivity contribution is 5.84. The Kier molecular flexibility index (Phi) is 4.11. The first-order valence-corrected chi connectivity index (χ1v) is 5.97. The van der Waals surface area contributed by atoms with Gasteiger partial charge in [0.05, 0.1) is 12.1 Å². The number of hydrogen-bond donors (Lipinski definition) is 2. The van der Waals surface area contributed by atoms with Gasteiger partial charge >= 0.3 is 0 Å². The van der Waals surface area contributed by atoms with E-state index < -0.39 is 17.5 Å². The number of benzene rings is 1. The number of halogens is 3. The van der Waals surface area contributed by atoms with Crippen LogP contribution in [0.3, 0.4) is 0 Å². The van der Waals surface area contributed by atoms with Gasteiger partial charge in [0.15, 0.2) is 17.5 Å². The smallest absolute Gasteiger partial charge is 0.196 e. The molecule has 2 aromatic rings. The first kappa shape index (κ1) is 13.9. The van der Waals surface area contributed by atoms with Gasteiger partial charge in [0.2, 0.25) is 0 Å². The fraction of sp³-hybridized carbons (Fsp3) is 0.385. The Labute approximate surface area is 108 Å². The Morgan fingerprint density at radius 3 is 2.63 bits per heavy atom. The minimum Gasteiger partial charge on any atom is -0.395 e. The van der Waals surface area contributed by atoms with Gasteiger partial charge in [-0.15, -0.1) is 0 Å². The maximum atomic E-state index is 13.5. The molecule has 0 atom stereocenters. The van der Waals surface area contributed by atoms with E-state index in [-0.39, 0.29) is 12.1 Å². The van der Waals surface area contributed by atoms with Gasteiger partial charge in [0, 0.05) is 24.7 Å². The molecule has 3 nitrogen and oxygen atoms in total. The van der Waals surface area contributed by atoms with Crippen LogP contribution in [0.15, 0.2) is 12.3 Å². The summed E-state index contributed by atoms with van der Waals surface area (Å²) in [5.74, 6) is -3.84. The van der Waals surface area contributed by atoms with Crippen LogP contribution in [0.5, 0.6) is 0 Å². The van der Waals surface area contributed by atoms with Gasteiger partial charge in [-0.3, -0.25) is 0 Å². The Hall–Kier alpha value is -1.53. The quantitative estimate of drug-likeness (QED) is 0.818. The molecule has 1 heterocycles. The number of likely N-dealkylation sites (N-methyl/N-ethyl adjacent to an activating group) is 1. The molecule has 1 aromatic heterocycles. The molecule has 0 saturated heterocycles. The van der Waals surface area contributed by atoms with Crippen molar-refractivity contribution in [2.75, 3.05) is 26.7 Å². The van der Waals surface area contributed by atoms with Gasteiger partial charge in [-0.05, 0) is 25.1 Å². The van der Waals surface area contributed by atoms with Crippen molar-refractivity contribution < 1.29 is 18.3 Å². The van der Waals surface area contributed by atoms with Crippen molar-refractivity contribution in [1.29, 1.82) is 0 Å². The second-order valence-corrected chi connectivity index (χ2v) is 4.50. The number of aliphatic hydroxyl groups is 1. The number of hydrogen-bond acceptors (Lipinski definition) is 2. The number of rotatable bonds is 5. The summed E-state index contributed by atoms with van der Waals surface area (Å²) in [6, 6.07) is 1.01. The normalized spacial score (nSPS) is 11.7. The number of fused-ring (bicyclic) bond motifs is 1. The zero-order valence-electron chi connectivity index (χ0n) is 10.5. The lowest BCUT2D eigenvalue weighted by molar-refractivity contribution is 0.223. The lowest BCUT2D eigenvalue weighted by atomic mass is 10.1. The van der Waals surface area contributed by atoms with E-state index in [0.717, 1.165) is 11.6 Å². The van der Waals surface area contributed by atoms with E-state index in [1.54, 1.807) is 6.20 Å². The molecule has 1 aromatic carbocycles. The molecule has 0 saturated carbocycles. The first-order chi connectivity index (χ1) is 9.04. The molecule has 0 aliphatic heterocycles. The Morgan fingerprint density at radius 1 is 1.21 bits per heavy atom. The highest BCUT2D eigenvalue weighted by atomic mass is 19.2. The predicted molar refractivity (Wildman–Crippen MR) is 66.5 cm³/mol. The molecule has 0 aliphatic rings. The summed E-state index contributed by atoms with van der Waals surface area (Å²) >= 11 is 0. The maximum absolute atomic E-state index is 13.5. The molecule has 0 amide bonds. The van der Waals surface area contributed by atoms with Gasteiger partial charge in [-0.25, -0.2) is 13.2 Å². The SMILES string of the molecule is CN(CCO)CCc1c[nH]c2c(F)c(F)c(F)cc12. The molecule has 0 aliphatic carbocycles. The molecule has 6 heteroatoms. The Morgan fingerprint density at radius 2 is 1.95 bits per heavy atom. The van der Waals surface area contributed by atoms with Gasteiger partial charge in [-0.2, -0.15) is 0 Å². The average Bonchev–Trinajstić information content (AvgIpc) is 2.77. The number of nitrogens with one attached hydrogen (secondary N) is 1. The second kappa shape index (κ2) is 5.63. The van der Waals surface area contributed by atoms with Crippen LogP contribution in [-0.2, 0) is 6.42 Å². The maximum Gasteiger partial charge on any atom is 0.196 e. The largest absolute Gasteiger partial charge is 0.395 e. The van der Waals surface area contributed by atoms with Crippen molar-refractivity contribution in [3.05, 3.63) is 35.3 Å². The average molecular weight is 272 g/mol. The van der Waals surface area contributed by atoms with Crippen molar-refractivity contribution in [2.24, 2.45) is 0 Å². The van der Waals surface area contributed by atoms with E-state index in [1.807, 2.05) is 11.9 Å². The van der Waals surface area contributed by atoms with Gasteiger partial charge < -0.3 is 15.0 Å². The second-order valence-electron chi connectivity index (χ2n) is 4.50. The van der Waals surface area contributed by atoms with Crippen molar-refractivity contribution in [3.63, 3.8) is 0 Å². The van der Waals surface area contributed by atoms with Crippen molar-refractivity contribution in [3.8, 4) is 0 Å². The fourth-order valence-corrected chi connectivity index (χ4v) is 2.03. The molecule has 0 spiro atoms. The number of aromatic nitrogens is 1. The van der Waals surface area contributed by atoms with Gasteiger partial charge in [0.25, 0.3) is 0 Å². The molecule has 0 bridgehead atoms. The lowest BCUT2D eigenvalue weighted by Gasteiger charge is -2.14. The van der Waals surface area contributed by atoms with Crippen LogP contribution in [0.1, 0.15) is 5.56 Å². The summed E-state index contributed by atoms with van der Waals surface area (Å²) in [4.78, 5) is 4.53. The van der Waals surface area contributed by atoms with Crippen LogP contribution in [0, 0.1) is 17.5 Å². The zero-order chi connectivity index (χ0) is 14.0. The third-order valence-electron chi connectivity index (χ3n) is 3.14. The number of aromatic amines is 1. The molecule has 2 N–H and O–H groups in total. The Balaban J connectivity index is 2.26. The topological polar surface area (TPSA) is 39.3 Å². The van der Waals surface area contributed by atoms with Gasteiger partial charge in [0.1, 0.15) is 0 Å². The van der Waals surface area contributed by atoms with E-state index in [4.69, 9.17) is 5.11 Å². The standard InChI is InChI=1S/C13H15F3N2O/c1-18(4-5-19)3-2-8-7-17-13-9(8)6-10(14)11(15)12(13)16/h6-7,17,19H,2-5H2,1H3. The summed E-state index contributed by atoms with van der Waals surface area (Å²) in [7, 11) is 1.84. The van der Waals surface area contributed by atoms with Crippen LogP contribution in [-0.4, -0.2) is 41.7 Å². The van der Waals surface area contributed by atoms with Crippen LogP contribution < -0.4 is 0 Å². The van der Waals surface area contributed by atoms with Crippen molar-refractivity contribution in [2.45, 2.75) is 6.42 Å². The predicted octanol–water partition coefficient (Wildman–Crippen LogP) is 2.05. The minimum absolute atomic E-state index is 0.0151. The monoisotopic (exact) mass is 272 g/mol. The number of nitrogens with zero attached hydrogens (tertiary/aromatic N) is 1. The lowest BCUT2D eigenvalue weighted by Crippen LogP contribution is -2.24. The highest BCUT2D eigenvalue weighted by Crippen LogP contribution is 2.25. The highest BCUT2D eigenvalue weighted by Gasteiger charge is 2.16. The molecule has 0 fully saturated rings. The van der Waals surface area contributed by atoms with E-state index >= 15 is 0 Å². The van der Waals surface area contributed by atoms with Gasteiger partial charge in [-0.1, -0.05) is 0 Å². The third-order valence-corrected chi connectivity index (χ3v) is 3.14. The third kappa shape index (κ3) is 2.74. The molecule has 2 rings (SSSR count). The van der Waals surface area contributed by atoms with Crippen molar-refractivity contribution in [1.82, 2.24) is 9.88 Å². The summed E-state index contributed by atoms with van der Waals surface area (Å²) in [5, 5.41) is 9.14. The minimum atomic E-state index is -1.46. The first-order valence-electron chi connectivity index (χ1n) is 5.97. The number of H-pyrrole nitrogens is 1. The fourth-order valence-electron chi connectivity index (χ4n) is 2.03. The molecule has 104 valence electrons. The summed E-state index contributed by atoms with van der Waals surface area (Å²) in [6.45, 7) is 1.21. The zero-order valence-corrected chi connectivity index (χ0v) is 10.5. The Bertz CT molecular complexity index is 583. The molecule has 0 unspecified atom stereocenters. The summed E-state index contributed by atoms with van der Waals surface area (Å²) < 4.78 is 39.8. The molecular weight excluding hydrogens is 257 g/mol. The van der Waals surface area contributed by atoms with Crippen LogP contribution >= 0.6 is 0 Å².